The number of pyridine rings is 1. The normalized spacial score (nSPS) is 19.8. The van der Waals surface area contributed by atoms with Gasteiger partial charge in [0.05, 0.1) is 49.4 Å². The minimum Gasteiger partial charge on any atom is -0.496 e. The Balaban J connectivity index is 1.30. The minimum atomic E-state index is -0.466. The number of piperazine rings is 1. The lowest BCUT2D eigenvalue weighted by Gasteiger charge is -2.49. The van der Waals surface area contributed by atoms with E-state index in [1.54, 1.807) is 0 Å². The van der Waals surface area contributed by atoms with Crippen LogP contribution in [0.2, 0.25) is 5.02 Å². The molecule has 0 saturated carbocycles. The average Bonchev–Trinajstić information content (AvgIpc) is 3.26. The van der Waals surface area contributed by atoms with Gasteiger partial charge in [-0.1, -0.05) is 29.8 Å². The molecule has 0 radical (unpaired) electrons. The summed E-state index contributed by atoms with van der Waals surface area (Å²) in [5.41, 5.74) is 4.09. The van der Waals surface area contributed by atoms with E-state index in [9.17, 15) is 9.18 Å². The largest absolute Gasteiger partial charge is 0.496 e. The van der Waals surface area contributed by atoms with Crippen LogP contribution in [-0.2, 0) is 11.3 Å². The molecule has 2 fully saturated rings. The number of hydrogen-bond donors (Lipinski definition) is 0. The van der Waals surface area contributed by atoms with Gasteiger partial charge in [0.15, 0.2) is 0 Å². The van der Waals surface area contributed by atoms with Gasteiger partial charge in [-0.3, -0.25) is 9.69 Å². The van der Waals surface area contributed by atoms with Gasteiger partial charge in [0, 0.05) is 36.4 Å². The number of carbonyl (C=O) groups excluding carboxylic acids is 1. The summed E-state index contributed by atoms with van der Waals surface area (Å²) in [6.07, 6.45) is 2.02. The summed E-state index contributed by atoms with van der Waals surface area (Å²) in [5.74, 6) is -0.330. The lowest BCUT2D eigenvalue weighted by Crippen LogP contribution is -2.65. The van der Waals surface area contributed by atoms with Crippen LogP contribution in [0.15, 0.2) is 66.9 Å². The van der Waals surface area contributed by atoms with Crippen LogP contribution in [0.3, 0.4) is 0 Å². The van der Waals surface area contributed by atoms with Crippen molar-refractivity contribution >= 4 is 23.2 Å². The van der Waals surface area contributed by atoms with Gasteiger partial charge in [-0.2, -0.15) is 0 Å². The monoisotopic (exact) mass is 520 g/mol. The molecule has 6 rings (SSSR count). The summed E-state index contributed by atoms with van der Waals surface area (Å²) >= 11 is 6.13. The third-order valence-corrected chi connectivity index (χ3v) is 7.34. The maximum Gasteiger partial charge on any atom is 0.258 e. The van der Waals surface area contributed by atoms with Crippen LogP contribution in [0.5, 0.6) is 5.75 Å². The number of halogens is 2. The predicted molar refractivity (Wildman–Crippen MR) is 138 cm³/mol. The first-order valence-electron chi connectivity index (χ1n) is 12.2. The zero-order valence-corrected chi connectivity index (χ0v) is 21.1. The molecule has 2 aromatic carbocycles. The molecule has 37 heavy (non-hydrogen) atoms. The number of benzene rings is 2. The highest BCUT2D eigenvalue weighted by molar-refractivity contribution is 6.30. The van der Waals surface area contributed by atoms with Crippen molar-refractivity contribution in [3.8, 4) is 17.0 Å². The van der Waals surface area contributed by atoms with Crippen molar-refractivity contribution in [1.82, 2.24) is 19.2 Å². The zero-order valence-electron chi connectivity index (χ0n) is 20.3. The van der Waals surface area contributed by atoms with Crippen LogP contribution < -0.4 is 4.74 Å². The fourth-order valence-corrected chi connectivity index (χ4v) is 5.57. The Morgan fingerprint density at radius 2 is 1.86 bits per heavy atom. The quantitative estimate of drug-likeness (QED) is 0.387. The second kappa shape index (κ2) is 9.78. The molecule has 2 aliphatic heterocycles. The first-order chi connectivity index (χ1) is 18.0. The van der Waals surface area contributed by atoms with Crippen LogP contribution in [0, 0.1) is 5.82 Å². The first-order valence-corrected chi connectivity index (χ1v) is 12.6. The number of fused-ring (bicyclic) bond motifs is 3. The number of ether oxygens (including phenoxy) is 2. The molecule has 2 aliphatic rings. The molecular weight excluding hydrogens is 495 g/mol. The standard InChI is InChI=1S/C28H26ClFN4O3/c1-36-25-10-9-20(30)12-23(25)28(35)34-21-13-32(14-22(34)17-37-16-21)15-24-27(18-5-7-19(29)8-6-18)31-26-4-2-3-11-33(24)26/h2-12,21-22H,13-17H2,1H3. The van der Waals surface area contributed by atoms with E-state index in [4.69, 9.17) is 26.1 Å². The second-order valence-electron chi connectivity index (χ2n) is 9.44. The van der Waals surface area contributed by atoms with Gasteiger partial charge in [-0.15, -0.1) is 0 Å². The lowest BCUT2D eigenvalue weighted by molar-refractivity contribution is -0.0817. The van der Waals surface area contributed by atoms with Crippen molar-refractivity contribution < 1.29 is 18.7 Å². The number of morpholine rings is 1. The van der Waals surface area contributed by atoms with Gasteiger partial charge in [-0.25, -0.2) is 9.37 Å². The molecule has 2 atom stereocenters. The third-order valence-electron chi connectivity index (χ3n) is 7.09. The van der Waals surface area contributed by atoms with Crippen LogP contribution in [-0.4, -0.2) is 70.6 Å². The molecule has 0 aliphatic carbocycles. The van der Waals surface area contributed by atoms with E-state index in [0.29, 0.717) is 43.6 Å². The smallest absolute Gasteiger partial charge is 0.258 e. The maximum absolute atomic E-state index is 14.0. The number of methoxy groups -OCH3 is 1. The highest BCUT2D eigenvalue weighted by Crippen LogP contribution is 2.31. The lowest BCUT2D eigenvalue weighted by atomic mass is 10.0. The summed E-state index contributed by atoms with van der Waals surface area (Å²) in [6, 6.07) is 17.4. The number of amides is 1. The van der Waals surface area contributed by atoms with Gasteiger partial charge >= 0.3 is 0 Å². The van der Waals surface area contributed by atoms with Crippen LogP contribution in [0.4, 0.5) is 4.39 Å². The fourth-order valence-electron chi connectivity index (χ4n) is 5.45. The Bertz CT molecular complexity index is 1440. The van der Waals surface area contributed by atoms with E-state index in [-0.39, 0.29) is 23.6 Å². The molecule has 9 heteroatoms. The third kappa shape index (κ3) is 4.45. The van der Waals surface area contributed by atoms with E-state index in [0.717, 1.165) is 22.6 Å². The van der Waals surface area contributed by atoms with Crippen molar-refractivity contribution in [2.75, 3.05) is 33.4 Å². The van der Waals surface area contributed by atoms with Crippen molar-refractivity contribution in [2.24, 2.45) is 0 Å². The van der Waals surface area contributed by atoms with Crippen molar-refractivity contribution in [1.29, 1.82) is 0 Å². The van der Waals surface area contributed by atoms with Gasteiger partial charge in [-0.05, 0) is 42.5 Å². The van der Waals surface area contributed by atoms with Gasteiger partial charge in [0.25, 0.3) is 5.91 Å². The highest BCUT2D eigenvalue weighted by Gasteiger charge is 2.42. The number of aromatic nitrogens is 2. The molecule has 4 aromatic rings. The Kier molecular flexibility index (Phi) is 6.32. The Morgan fingerprint density at radius 3 is 2.59 bits per heavy atom. The highest BCUT2D eigenvalue weighted by atomic mass is 35.5. The Hall–Kier alpha value is -3.46. The summed E-state index contributed by atoms with van der Waals surface area (Å²) in [7, 11) is 1.49. The van der Waals surface area contributed by atoms with E-state index >= 15 is 0 Å². The topological polar surface area (TPSA) is 59.3 Å². The maximum atomic E-state index is 14.0. The van der Waals surface area contributed by atoms with E-state index in [1.807, 2.05) is 53.6 Å². The van der Waals surface area contributed by atoms with Crippen molar-refractivity contribution in [3.63, 3.8) is 0 Å². The number of hydrogen-bond acceptors (Lipinski definition) is 5. The molecule has 0 spiro atoms. The molecular formula is C28H26ClFN4O3. The summed E-state index contributed by atoms with van der Waals surface area (Å²) in [6.45, 7) is 2.75. The molecule has 190 valence electrons. The van der Waals surface area contributed by atoms with Gasteiger partial charge in [0.2, 0.25) is 0 Å². The zero-order chi connectivity index (χ0) is 25.5. The molecule has 7 nitrogen and oxygen atoms in total. The molecule has 2 bridgehead atoms. The second-order valence-corrected chi connectivity index (χ2v) is 9.88. The van der Waals surface area contributed by atoms with E-state index in [1.165, 1.54) is 25.3 Å². The fraction of sp³-hybridized carbons (Fsp3) is 0.286. The average molecular weight is 521 g/mol. The Morgan fingerprint density at radius 1 is 1.11 bits per heavy atom. The number of rotatable bonds is 5. The molecule has 2 saturated heterocycles. The van der Waals surface area contributed by atoms with E-state index in [2.05, 4.69) is 9.30 Å². The van der Waals surface area contributed by atoms with Gasteiger partial charge < -0.3 is 18.8 Å². The Labute approximate surface area is 219 Å². The number of imidazole rings is 1. The molecule has 2 aromatic heterocycles. The van der Waals surface area contributed by atoms with Crippen molar-refractivity contribution in [3.05, 3.63) is 89.0 Å². The number of nitrogens with zero attached hydrogens (tertiary/aromatic N) is 4. The predicted octanol–water partition coefficient (Wildman–Crippen LogP) is 4.53. The molecule has 1 amide bonds. The first kappa shape index (κ1) is 23.9. The summed E-state index contributed by atoms with van der Waals surface area (Å²) in [5, 5.41) is 0.678. The minimum absolute atomic E-state index is 0.161. The van der Waals surface area contributed by atoms with Crippen molar-refractivity contribution in [2.45, 2.75) is 18.6 Å². The van der Waals surface area contributed by atoms with Crippen LogP contribution >= 0.6 is 11.6 Å². The molecule has 4 heterocycles. The summed E-state index contributed by atoms with van der Waals surface area (Å²) in [4.78, 5) is 22.7. The van der Waals surface area contributed by atoms with E-state index < -0.39 is 5.82 Å². The van der Waals surface area contributed by atoms with Crippen LogP contribution in [0.25, 0.3) is 16.9 Å². The molecule has 0 N–H and O–H groups in total. The SMILES string of the molecule is COc1ccc(F)cc1C(=O)N1C2COCC1CN(Cc1c(-c3ccc(Cl)cc3)nc3ccccn13)C2. The number of carbonyl (C=O) groups is 1. The van der Waals surface area contributed by atoms with Crippen LogP contribution in [0.1, 0.15) is 16.1 Å². The summed E-state index contributed by atoms with van der Waals surface area (Å²) < 4.78 is 27.3. The molecule has 2 unspecified atom stereocenters. The van der Waals surface area contributed by atoms with Gasteiger partial charge in [0.1, 0.15) is 17.2 Å².